The molecule has 434 valence electrons. The molecule has 81 heavy (non-hydrogen) atoms. The number of rotatable bonds is 27. The highest BCUT2D eigenvalue weighted by Crippen LogP contribution is 2.32. The fraction of sp³-hybridized carbons (Fsp3) is 0.415. The summed E-state index contributed by atoms with van der Waals surface area (Å²) in [6, 6.07) is 17.3. The highest BCUT2D eigenvalue weighted by Gasteiger charge is 2.48. The minimum absolute atomic E-state index is 0.0197. The van der Waals surface area contributed by atoms with Crippen molar-refractivity contribution in [1.82, 2.24) is 30.2 Å². The van der Waals surface area contributed by atoms with Crippen molar-refractivity contribution in [2.75, 3.05) is 88.3 Å². The molecule has 4 aromatic rings. The van der Waals surface area contributed by atoms with Crippen LogP contribution in [0.25, 0.3) is 5.69 Å². The highest BCUT2D eigenvalue weighted by atomic mass is 35.5. The van der Waals surface area contributed by atoms with E-state index in [1.54, 1.807) is 54.7 Å². The number of anilines is 3. The molecule has 5 atom stereocenters. The molecule has 0 unspecified atom stereocenters. The lowest BCUT2D eigenvalue weighted by atomic mass is 9.97. The number of imide groups is 1. The van der Waals surface area contributed by atoms with Gasteiger partial charge in [0.1, 0.15) is 30.7 Å². The van der Waals surface area contributed by atoms with Gasteiger partial charge in [0.2, 0.25) is 18.1 Å². The number of carboxylic acid groups (broad SMARTS) is 1. The summed E-state index contributed by atoms with van der Waals surface area (Å²) < 4.78 is 34.4. The summed E-state index contributed by atoms with van der Waals surface area (Å²) >= 11 is 6.14. The van der Waals surface area contributed by atoms with Crippen LogP contribution in [-0.4, -0.2) is 191 Å². The van der Waals surface area contributed by atoms with E-state index in [4.69, 9.17) is 40.0 Å². The molecule has 0 bridgehead atoms. The molecule has 3 aromatic carbocycles. The van der Waals surface area contributed by atoms with E-state index in [0.29, 0.717) is 65.7 Å². The number of amides is 8. The normalized spacial score (nSPS) is 19.0. The molecule has 2 saturated heterocycles. The standard InChI is InChI=1S/C53H62ClN9O18/c54-37-6-1-2-7-38(37)60-52(74)58-35-29-57-63(30-35)36-5-3-4-34(27-36)49(71)56-28-32-13-17-61(18-14-32)53(75)79-31-33-8-9-40(80-51-47(70)45(68)46(69)48(81-51)50(72)73)39(26-33)59-42(65)12-16-55-41(64)15-20-76-22-24-78-25-23-77-21-19-62-43(66)10-11-44(62)67/h1-11,26-27,29-30,32,45-48,51,68-70H,12-25,28,31H2,(H,55,64)(H,56,71)(H,59,65)(H,72,73)(H2,58,60,74)/t45-,46-,47+,48-,51+/m0/s1. The number of aliphatic hydroxyl groups excluding tert-OH is 3. The Morgan fingerprint density at radius 3 is 2.19 bits per heavy atom. The molecule has 0 saturated carbocycles. The maximum Gasteiger partial charge on any atom is 0.410 e. The summed E-state index contributed by atoms with van der Waals surface area (Å²) in [5, 5.41) is 59.0. The number of carbonyl (C=O) groups excluding carboxylic acids is 7. The Labute approximate surface area is 468 Å². The summed E-state index contributed by atoms with van der Waals surface area (Å²) in [7, 11) is 0. The average molecular weight is 1150 g/mol. The molecular weight excluding hydrogens is 1090 g/mol. The Morgan fingerprint density at radius 1 is 0.741 bits per heavy atom. The summed E-state index contributed by atoms with van der Waals surface area (Å²) in [5.41, 5.74) is 2.14. The third kappa shape index (κ3) is 18.0. The second-order valence-electron chi connectivity index (χ2n) is 18.6. The molecule has 8 amide bonds. The second kappa shape index (κ2) is 30.0. The number of piperidine rings is 1. The molecular formula is C53H62ClN9O18. The Kier molecular flexibility index (Phi) is 22.4. The van der Waals surface area contributed by atoms with Crippen molar-refractivity contribution < 1.29 is 87.2 Å². The Morgan fingerprint density at radius 2 is 1.46 bits per heavy atom. The van der Waals surface area contributed by atoms with Crippen LogP contribution in [0.4, 0.5) is 26.7 Å². The van der Waals surface area contributed by atoms with Crippen LogP contribution in [0.1, 0.15) is 41.6 Å². The first-order valence-corrected chi connectivity index (χ1v) is 26.1. The van der Waals surface area contributed by atoms with Crippen LogP contribution in [-0.2, 0) is 54.3 Å². The van der Waals surface area contributed by atoms with Crippen molar-refractivity contribution in [2.24, 2.45) is 5.92 Å². The fourth-order valence-electron chi connectivity index (χ4n) is 8.33. The Hall–Kier alpha value is -8.02. The van der Waals surface area contributed by atoms with Crippen molar-refractivity contribution in [3.05, 3.63) is 107 Å². The van der Waals surface area contributed by atoms with Gasteiger partial charge in [-0.2, -0.15) is 5.10 Å². The number of carbonyl (C=O) groups is 8. The first-order valence-electron chi connectivity index (χ1n) is 25.8. The average Bonchev–Trinajstić information content (AvgIpc) is 4.17. The molecule has 3 aliphatic rings. The Bertz CT molecular complexity index is 2880. The van der Waals surface area contributed by atoms with Gasteiger partial charge in [0, 0.05) is 56.7 Å². The summed E-state index contributed by atoms with van der Waals surface area (Å²) in [6.07, 6.45) is -3.96. The second-order valence-corrected chi connectivity index (χ2v) is 19.0. The lowest BCUT2D eigenvalue weighted by molar-refractivity contribution is -0.271. The van der Waals surface area contributed by atoms with E-state index in [2.05, 4.69) is 31.7 Å². The molecule has 9 N–H and O–H groups in total. The lowest BCUT2D eigenvalue weighted by Crippen LogP contribution is -2.61. The van der Waals surface area contributed by atoms with Crippen LogP contribution >= 0.6 is 11.6 Å². The molecule has 1 aromatic heterocycles. The number of nitrogens with zero attached hydrogens (tertiary/aromatic N) is 4. The monoisotopic (exact) mass is 1150 g/mol. The van der Waals surface area contributed by atoms with Crippen LogP contribution < -0.4 is 31.3 Å². The summed E-state index contributed by atoms with van der Waals surface area (Å²) in [4.78, 5) is 102. The maximum absolute atomic E-state index is 13.3. The molecule has 2 fully saturated rings. The van der Waals surface area contributed by atoms with Gasteiger partial charge in [0.25, 0.3) is 17.7 Å². The molecule has 7 rings (SSSR count). The SMILES string of the molecule is O=C(CCOCCOCCOCCN1C(=O)C=CC1=O)NCCC(=O)Nc1cc(COC(=O)N2CCC(CNC(=O)c3cccc(-n4cc(NC(=O)Nc5ccccc5Cl)cn4)c3)CC2)ccc1O[C@@H]1O[C@H](C(=O)O)[C@@H](O)[C@H](O)[C@H]1O. The number of carboxylic acids is 1. The molecule has 27 nitrogen and oxygen atoms in total. The van der Waals surface area contributed by atoms with Crippen molar-refractivity contribution in [3.8, 4) is 11.4 Å². The van der Waals surface area contributed by atoms with Crippen LogP contribution in [0, 0.1) is 5.92 Å². The van der Waals surface area contributed by atoms with Gasteiger partial charge < -0.3 is 80.3 Å². The number of hydrogen-bond donors (Lipinski definition) is 9. The quantitative estimate of drug-likeness (QED) is 0.0305. The van der Waals surface area contributed by atoms with Gasteiger partial charge in [-0.05, 0) is 66.8 Å². The number of ether oxygens (including phenoxy) is 6. The smallest absolute Gasteiger partial charge is 0.410 e. The zero-order chi connectivity index (χ0) is 57.8. The van der Waals surface area contributed by atoms with Crippen LogP contribution in [0.15, 0.2) is 91.3 Å². The Balaban J connectivity index is 0.828. The first-order chi connectivity index (χ1) is 39.0. The first kappa shape index (κ1) is 60.6. The molecule has 28 heteroatoms. The topological polar surface area (TPSA) is 357 Å². The summed E-state index contributed by atoms with van der Waals surface area (Å²) in [5.74, 6) is -3.84. The van der Waals surface area contributed by atoms with Gasteiger partial charge in [-0.15, -0.1) is 0 Å². The van der Waals surface area contributed by atoms with Gasteiger partial charge >= 0.3 is 18.1 Å². The van der Waals surface area contributed by atoms with E-state index >= 15 is 0 Å². The predicted octanol–water partition coefficient (Wildman–Crippen LogP) is 2.03. The van der Waals surface area contributed by atoms with Crippen molar-refractivity contribution >= 4 is 76.3 Å². The minimum Gasteiger partial charge on any atom is -0.479 e. The third-order valence-electron chi connectivity index (χ3n) is 12.7. The van der Waals surface area contributed by atoms with Gasteiger partial charge in [-0.25, -0.2) is 19.1 Å². The molecule has 0 aliphatic carbocycles. The number of halogens is 1. The molecule has 3 aliphatic heterocycles. The van der Waals surface area contributed by atoms with Crippen molar-refractivity contribution in [1.29, 1.82) is 0 Å². The maximum atomic E-state index is 13.3. The summed E-state index contributed by atoms with van der Waals surface area (Å²) in [6.45, 7) is 1.91. The number of aromatic nitrogens is 2. The zero-order valence-corrected chi connectivity index (χ0v) is 44.4. The van der Waals surface area contributed by atoms with Crippen LogP contribution in [0.3, 0.4) is 0 Å². The van der Waals surface area contributed by atoms with Crippen LogP contribution in [0.2, 0.25) is 5.02 Å². The van der Waals surface area contributed by atoms with E-state index in [1.165, 1.54) is 46.1 Å². The number of hydrogen-bond acceptors (Lipinski definition) is 18. The number of benzene rings is 3. The van der Waals surface area contributed by atoms with Crippen LogP contribution in [0.5, 0.6) is 5.75 Å². The number of nitrogens with one attached hydrogen (secondary N) is 5. The van der Waals surface area contributed by atoms with E-state index in [9.17, 15) is 58.8 Å². The predicted molar refractivity (Wildman–Crippen MR) is 285 cm³/mol. The number of aliphatic hydroxyl groups is 3. The number of urea groups is 1. The van der Waals surface area contributed by atoms with Gasteiger partial charge in [-0.1, -0.05) is 35.9 Å². The lowest BCUT2D eigenvalue weighted by Gasteiger charge is -2.38. The zero-order valence-electron chi connectivity index (χ0n) is 43.6. The van der Waals surface area contributed by atoms with Gasteiger partial charge in [-0.3, -0.25) is 28.9 Å². The van der Waals surface area contributed by atoms with Gasteiger partial charge in [0.15, 0.2) is 6.10 Å². The van der Waals surface area contributed by atoms with Gasteiger partial charge in [0.05, 0.1) is 86.4 Å². The molecule has 0 spiro atoms. The van der Waals surface area contributed by atoms with E-state index in [0.717, 1.165) is 4.90 Å². The van der Waals surface area contributed by atoms with E-state index < -0.39 is 60.6 Å². The minimum atomic E-state index is -1.99. The number of likely N-dealkylation sites (tertiary alicyclic amines) is 1. The largest absolute Gasteiger partial charge is 0.479 e. The number of aliphatic carboxylic acids is 1. The molecule has 0 radical (unpaired) electrons. The highest BCUT2D eigenvalue weighted by molar-refractivity contribution is 6.33. The molecule has 4 heterocycles. The fourth-order valence-corrected chi connectivity index (χ4v) is 8.52. The van der Waals surface area contributed by atoms with E-state index in [1.807, 2.05) is 0 Å². The van der Waals surface area contributed by atoms with Crippen molar-refractivity contribution in [2.45, 2.75) is 63.0 Å². The van der Waals surface area contributed by atoms with E-state index in [-0.39, 0.29) is 107 Å². The number of para-hydroxylation sites is 1. The van der Waals surface area contributed by atoms with Crippen molar-refractivity contribution in [3.63, 3.8) is 0 Å². The third-order valence-corrected chi connectivity index (χ3v) is 13.1.